The average molecular weight is 234 g/mol. The minimum Gasteiger partial charge on any atom is -0.300 e. The van der Waals surface area contributed by atoms with Crippen molar-refractivity contribution in [1.82, 2.24) is 9.80 Å². The van der Waals surface area contributed by atoms with Crippen LogP contribution in [0.4, 0.5) is 0 Å². The van der Waals surface area contributed by atoms with Gasteiger partial charge in [0.2, 0.25) is 0 Å². The lowest BCUT2D eigenvalue weighted by atomic mass is 9.71. The van der Waals surface area contributed by atoms with E-state index >= 15 is 0 Å². The highest BCUT2D eigenvalue weighted by atomic mass is 15.3. The molecule has 2 heteroatoms. The molecule has 2 unspecified atom stereocenters. The quantitative estimate of drug-likeness (QED) is 0.635. The van der Waals surface area contributed by atoms with Crippen LogP contribution in [0.2, 0.25) is 0 Å². The molecule has 4 aliphatic rings. The van der Waals surface area contributed by atoms with Gasteiger partial charge in [0.15, 0.2) is 0 Å². The van der Waals surface area contributed by atoms with Crippen LogP contribution in [0.3, 0.4) is 0 Å². The average Bonchev–Trinajstić information content (AvgIpc) is 2.39. The molecule has 4 saturated heterocycles. The van der Waals surface area contributed by atoms with Crippen LogP contribution in [-0.2, 0) is 0 Å². The molecule has 4 atom stereocenters. The number of fused-ring (bicyclic) bond motifs is 6. The summed E-state index contributed by atoms with van der Waals surface area (Å²) < 4.78 is 0. The Morgan fingerprint density at radius 2 is 1.18 bits per heavy atom. The largest absolute Gasteiger partial charge is 0.300 e. The first-order valence-electron chi connectivity index (χ1n) is 7.90. The van der Waals surface area contributed by atoms with Crippen LogP contribution in [0.15, 0.2) is 0 Å². The first-order chi connectivity index (χ1) is 8.42. The molecule has 4 fully saturated rings. The van der Waals surface area contributed by atoms with E-state index in [4.69, 9.17) is 0 Å². The van der Waals surface area contributed by atoms with Gasteiger partial charge in [-0.05, 0) is 57.0 Å². The summed E-state index contributed by atoms with van der Waals surface area (Å²) in [6.07, 6.45) is 10.5. The number of piperidine rings is 4. The molecule has 0 N–H and O–H groups in total. The Labute approximate surface area is 105 Å². The third-order valence-electron chi connectivity index (χ3n) is 5.96. The molecule has 0 aromatic heterocycles. The van der Waals surface area contributed by atoms with E-state index in [9.17, 15) is 0 Å². The molecule has 2 bridgehead atoms. The maximum absolute atomic E-state index is 2.87. The zero-order valence-corrected chi connectivity index (χ0v) is 11.0. The smallest absolute Gasteiger partial charge is 0.0136 e. The van der Waals surface area contributed by atoms with Crippen LogP contribution < -0.4 is 0 Å². The molecule has 0 aromatic carbocycles. The van der Waals surface area contributed by atoms with Gasteiger partial charge < -0.3 is 0 Å². The Balaban J connectivity index is 1.56. The molecule has 2 nitrogen and oxygen atoms in total. The summed E-state index contributed by atoms with van der Waals surface area (Å²) >= 11 is 0. The Morgan fingerprint density at radius 3 is 1.71 bits per heavy atom. The van der Waals surface area contributed by atoms with Gasteiger partial charge in [0.05, 0.1) is 0 Å². The minimum absolute atomic E-state index is 0.961. The number of hydrogen-bond acceptors (Lipinski definition) is 2. The number of nitrogens with zero attached hydrogens (tertiary/aromatic N) is 2. The summed E-state index contributed by atoms with van der Waals surface area (Å²) in [7, 11) is 0. The molecular weight excluding hydrogens is 208 g/mol. The minimum atomic E-state index is 0.961. The van der Waals surface area contributed by atoms with Gasteiger partial charge in [0, 0.05) is 25.2 Å². The van der Waals surface area contributed by atoms with E-state index in [0.29, 0.717) is 0 Å². The van der Waals surface area contributed by atoms with Crippen molar-refractivity contribution in [2.45, 2.75) is 57.0 Å². The fourth-order valence-corrected chi connectivity index (χ4v) is 5.25. The van der Waals surface area contributed by atoms with Gasteiger partial charge in [0.1, 0.15) is 0 Å². The molecule has 0 spiro atoms. The van der Waals surface area contributed by atoms with Crippen molar-refractivity contribution >= 4 is 0 Å². The summed E-state index contributed by atoms with van der Waals surface area (Å²) in [4.78, 5) is 5.74. The molecule has 0 aromatic rings. The van der Waals surface area contributed by atoms with Crippen LogP contribution in [0.25, 0.3) is 0 Å². The lowest BCUT2D eigenvalue weighted by Gasteiger charge is -2.57. The molecular formula is C15H26N2. The van der Waals surface area contributed by atoms with Crippen LogP contribution in [0.1, 0.15) is 44.9 Å². The first kappa shape index (κ1) is 10.8. The van der Waals surface area contributed by atoms with Crippen molar-refractivity contribution < 1.29 is 0 Å². The van der Waals surface area contributed by atoms with Gasteiger partial charge in [-0.3, -0.25) is 9.80 Å². The van der Waals surface area contributed by atoms with E-state index in [2.05, 4.69) is 9.80 Å². The molecule has 17 heavy (non-hydrogen) atoms. The summed E-state index contributed by atoms with van der Waals surface area (Å²) in [5, 5.41) is 0. The highest BCUT2D eigenvalue weighted by molar-refractivity contribution is 5.00. The van der Waals surface area contributed by atoms with Crippen molar-refractivity contribution in [3.8, 4) is 0 Å². The predicted molar refractivity (Wildman–Crippen MR) is 70.0 cm³/mol. The highest BCUT2D eigenvalue weighted by Gasteiger charge is 2.46. The Hall–Kier alpha value is -0.0800. The van der Waals surface area contributed by atoms with Gasteiger partial charge in [0.25, 0.3) is 0 Å². The summed E-state index contributed by atoms with van der Waals surface area (Å²) in [5.74, 6) is 2.03. The zero-order valence-electron chi connectivity index (χ0n) is 11.0. The van der Waals surface area contributed by atoms with Crippen LogP contribution >= 0.6 is 0 Å². The van der Waals surface area contributed by atoms with Crippen molar-refractivity contribution in [1.29, 1.82) is 0 Å². The Bertz CT molecular complexity index is 263. The molecule has 4 heterocycles. The SMILES string of the molecule is C1CCN2CC3CC(CN4CCCC[C@@H]34)[C@@H]2C1. The van der Waals surface area contributed by atoms with Gasteiger partial charge >= 0.3 is 0 Å². The van der Waals surface area contributed by atoms with Crippen molar-refractivity contribution in [2.24, 2.45) is 11.8 Å². The van der Waals surface area contributed by atoms with Crippen LogP contribution in [-0.4, -0.2) is 48.1 Å². The summed E-state index contributed by atoms with van der Waals surface area (Å²) in [5.41, 5.74) is 0. The second kappa shape index (κ2) is 4.24. The second-order valence-corrected chi connectivity index (χ2v) is 6.87. The van der Waals surface area contributed by atoms with E-state index in [0.717, 1.165) is 23.9 Å². The van der Waals surface area contributed by atoms with E-state index in [-0.39, 0.29) is 0 Å². The Kier molecular flexibility index (Phi) is 2.69. The van der Waals surface area contributed by atoms with Gasteiger partial charge in [-0.1, -0.05) is 12.8 Å². The predicted octanol–water partition coefficient (Wildman–Crippen LogP) is 2.35. The van der Waals surface area contributed by atoms with Gasteiger partial charge in [-0.2, -0.15) is 0 Å². The van der Waals surface area contributed by atoms with Crippen LogP contribution in [0.5, 0.6) is 0 Å². The van der Waals surface area contributed by atoms with E-state index in [1.165, 1.54) is 64.7 Å². The van der Waals surface area contributed by atoms with Crippen molar-refractivity contribution in [3.63, 3.8) is 0 Å². The fourth-order valence-electron chi connectivity index (χ4n) is 5.25. The van der Waals surface area contributed by atoms with Crippen molar-refractivity contribution in [3.05, 3.63) is 0 Å². The third kappa shape index (κ3) is 1.76. The summed E-state index contributed by atoms with van der Waals surface area (Å²) in [6.45, 7) is 5.68. The van der Waals surface area contributed by atoms with Gasteiger partial charge in [-0.25, -0.2) is 0 Å². The molecule has 96 valence electrons. The van der Waals surface area contributed by atoms with Crippen molar-refractivity contribution in [2.75, 3.05) is 26.2 Å². The normalized spacial score (nSPS) is 47.3. The molecule has 0 amide bonds. The molecule has 4 rings (SSSR count). The molecule has 4 aliphatic heterocycles. The van der Waals surface area contributed by atoms with Gasteiger partial charge in [-0.15, -0.1) is 0 Å². The molecule has 0 saturated carbocycles. The van der Waals surface area contributed by atoms with E-state index < -0.39 is 0 Å². The topological polar surface area (TPSA) is 6.48 Å². The zero-order chi connectivity index (χ0) is 11.2. The standard InChI is InChI=1S/C15H26N2/c1-3-7-16-11-13-9-12(14(16)5-1)10-17-8-4-2-6-15(13)17/h12-15H,1-11H2/t12?,13?,14-,15-/m0/s1. The lowest BCUT2D eigenvalue weighted by Crippen LogP contribution is -2.63. The lowest BCUT2D eigenvalue weighted by molar-refractivity contribution is -0.0718. The monoisotopic (exact) mass is 234 g/mol. The first-order valence-corrected chi connectivity index (χ1v) is 7.90. The number of rotatable bonds is 0. The maximum atomic E-state index is 2.87. The third-order valence-corrected chi connectivity index (χ3v) is 5.96. The Morgan fingerprint density at radius 1 is 0.647 bits per heavy atom. The molecule has 0 radical (unpaired) electrons. The van der Waals surface area contributed by atoms with E-state index in [1.807, 2.05) is 0 Å². The fraction of sp³-hybridized carbons (Fsp3) is 1.00. The van der Waals surface area contributed by atoms with E-state index in [1.54, 1.807) is 6.42 Å². The summed E-state index contributed by atoms with van der Waals surface area (Å²) in [6, 6.07) is 1.92. The number of hydrogen-bond donors (Lipinski definition) is 0. The molecule has 0 aliphatic carbocycles. The second-order valence-electron chi connectivity index (χ2n) is 6.87. The van der Waals surface area contributed by atoms with Crippen LogP contribution in [0, 0.1) is 11.8 Å². The highest BCUT2D eigenvalue weighted by Crippen LogP contribution is 2.42. The maximum Gasteiger partial charge on any atom is 0.0136 e.